The van der Waals surface area contributed by atoms with Crippen LogP contribution in [0.15, 0.2) is 24.4 Å². The molecule has 0 aliphatic carbocycles. The Hall–Kier alpha value is -2.74. The lowest BCUT2D eigenvalue weighted by molar-refractivity contribution is 0.139. The molecule has 0 saturated carbocycles. The van der Waals surface area contributed by atoms with E-state index >= 15 is 0 Å². The molecule has 5 rings (SSSR count). The van der Waals surface area contributed by atoms with Crippen LogP contribution in [-0.2, 0) is 0 Å². The number of piperidine rings is 1. The SMILES string of the molecule is COc1nc(N2CCC2)cc(-n2ncc3cc(C)c([C@H]4CCN(C)C[C@H]4F)cc32)n1. The molecule has 0 amide bonds. The Kier molecular flexibility index (Phi) is 4.81. The first kappa shape index (κ1) is 19.2. The number of ether oxygens (including phenoxy) is 1. The molecule has 2 aliphatic heterocycles. The molecule has 3 aromatic rings. The molecule has 0 bridgehead atoms. The van der Waals surface area contributed by atoms with Gasteiger partial charge in [-0.2, -0.15) is 15.1 Å². The van der Waals surface area contributed by atoms with Crippen LogP contribution in [-0.4, -0.2) is 71.2 Å². The van der Waals surface area contributed by atoms with Crippen molar-refractivity contribution in [2.75, 3.05) is 45.2 Å². The number of hydrogen-bond donors (Lipinski definition) is 0. The summed E-state index contributed by atoms with van der Waals surface area (Å²) in [7, 11) is 3.55. The third-order valence-corrected chi connectivity index (χ3v) is 6.36. The molecule has 2 fully saturated rings. The second-order valence-electron chi connectivity index (χ2n) is 8.41. The van der Waals surface area contributed by atoms with Gasteiger partial charge in [0.05, 0.1) is 18.8 Å². The molecular weight excluding hydrogens is 383 g/mol. The molecule has 2 aromatic heterocycles. The average Bonchev–Trinajstić information content (AvgIpc) is 3.08. The van der Waals surface area contributed by atoms with Gasteiger partial charge >= 0.3 is 6.01 Å². The Balaban J connectivity index is 1.59. The third kappa shape index (κ3) is 3.29. The van der Waals surface area contributed by atoms with Crippen LogP contribution >= 0.6 is 0 Å². The van der Waals surface area contributed by atoms with Crippen molar-refractivity contribution in [1.29, 1.82) is 0 Å². The molecule has 0 N–H and O–H groups in total. The van der Waals surface area contributed by atoms with Gasteiger partial charge in [-0.05, 0) is 56.6 Å². The van der Waals surface area contributed by atoms with Gasteiger partial charge in [0.25, 0.3) is 0 Å². The van der Waals surface area contributed by atoms with Crippen molar-refractivity contribution in [2.45, 2.75) is 31.9 Å². The molecule has 7 nitrogen and oxygen atoms in total. The van der Waals surface area contributed by atoms with E-state index in [1.807, 2.05) is 24.0 Å². The van der Waals surface area contributed by atoms with Crippen LogP contribution in [0.2, 0.25) is 0 Å². The maximum absolute atomic E-state index is 14.9. The highest BCUT2D eigenvalue weighted by Gasteiger charge is 2.30. The van der Waals surface area contributed by atoms with E-state index in [4.69, 9.17) is 4.74 Å². The lowest BCUT2D eigenvalue weighted by Gasteiger charge is -2.33. The van der Waals surface area contributed by atoms with E-state index in [0.717, 1.165) is 60.3 Å². The fourth-order valence-electron chi connectivity index (χ4n) is 4.50. The zero-order chi connectivity index (χ0) is 20.8. The van der Waals surface area contributed by atoms with E-state index in [1.54, 1.807) is 7.11 Å². The second kappa shape index (κ2) is 7.50. The minimum Gasteiger partial charge on any atom is -0.467 e. The van der Waals surface area contributed by atoms with E-state index in [0.29, 0.717) is 18.4 Å². The standard InChI is InChI=1S/C22H27FN6O/c1-14-9-15-12-24-29(19(15)10-17(14)16-5-8-27(2)13-18(16)23)21-11-20(28-6-4-7-28)25-22(26-21)30-3/h9-12,16,18H,4-8,13H2,1-3H3/t16-,18-/m1/s1. The number of rotatable bonds is 4. The van der Waals surface area contributed by atoms with Crippen molar-refractivity contribution in [1.82, 2.24) is 24.6 Å². The van der Waals surface area contributed by atoms with Crippen LogP contribution in [0, 0.1) is 6.92 Å². The maximum atomic E-state index is 14.9. The Morgan fingerprint density at radius 1 is 1.10 bits per heavy atom. The van der Waals surface area contributed by atoms with Crippen molar-refractivity contribution in [3.63, 3.8) is 0 Å². The number of halogens is 1. The number of benzene rings is 1. The number of nitrogens with zero attached hydrogens (tertiary/aromatic N) is 6. The summed E-state index contributed by atoms with van der Waals surface area (Å²) in [5.74, 6) is 1.41. The summed E-state index contributed by atoms with van der Waals surface area (Å²) in [6.07, 6.45) is 2.95. The van der Waals surface area contributed by atoms with Crippen LogP contribution in [0.25, 0.3) is 16.7 Å². The summed E-state index contributed by atoms with van der Waals surface area (Å²) in [6, 6.07) is 6.47. The Bertz CT molecular complexity index is 1080. The smallest absolute Gasteiger partial charge is 0.320 e. The minimum absolute atomic E-state index is 0.0921. The van der Waals surface area contributed by atoms with Gasteiger partial charge in [0.15, 0.2) is 5.82 Å². The summed E-state index contributed by atoms with van der Waals surface area (Å²) in [5.41, 5.74) is 3.10. The highest BCUT2D eigenvalue weighted by atomic mass is 19.1. The van der Waals surface area contributed by atoms with Crippen molar-refractivity contribution in [2.24, 2.45) is 0 Å². The first-order chi connectivity index (χ1) is 14.5. The molecule has 4 heterocycles. The number of hydrogen-bond acceptors (Lipinski definition) is 6. The average molecular weight is 410 g/mol. The second-order valence-corrected chi connectivity index (χ2v) is 8.41. The molecule has 2 saturated heterocycles. The zero-order valence-electron chi connectivity index (χ0n) is 17.7. The molecule has 30 heavy (non-hydrogen) atoms. The van der Waals surface area contributed by atoms with Crippen LogP contribution in [0.4, 0.5) is 10.2 Å². The van der Waals surface area contributed by atoms with Gasteiger partial charge in [0.2, 0.25) is 0 Å². The summed E-state index contributed by atoms with van der Waals surface area (Å²) >= 11 is 0. The van der Waals surface area contributed by atoms with Gasteiger partial charge < -0.3 is 14.5 Å². The quantitative estimate of drug-likeness (QED) is 0.659. The van der Waals surface area contributed by atoms with E-state index in [-0.39, 0.29) is 5.92 Å². The number of alkyl halides is 1. The first-order valence-corrected chi connectivity index (χ1v) is 10.5. The lowest BCUT2D eigenvalue weighted by Crippen LogP contribution is -2.38. The topological polar surface area (TPSA) is 59.3 Å². The monoisotopic (exact) mass is 410 g/mol. The van der Waals surface area contributed by atoms with Gasteiger partial charge in [0.1, 0.15) is 12.0 Å². The summed E-state index contributed by atoms with van der Waals surface area (Å²) in [4.78, 5) is 13.3. The number of anilines is 1. The van der Waals surface area contributed by atoms with Crippen molar-refractivity contribution < 1.29 is 9.13 Å². The molecule has 2 aliphatic rings. The van der Waals surface area contributed by atoms with E-state index in [9.17, 15) is 4.39 Å². The van der Waals surface area contributed by atoms with Crippen molar-refractivity contribution >= 4 is 16.7 Å². The van der Waals surface area contributed by atoms with Crippen LogP contribution in [0.3, 0.4) is 0 Å². The number of likely N-dealkylation sites (tertiary alicyclic amines) is 1. The van der Waals surface area contributed by atoms with Gasteiger partial charge in [-0.1, -0.05) is 0 Å². The predicted molar refractivity (Wildman–Crippen MR) is 115 cm³/mol. The van der Waals surface area contributed by atoms with Crippen molar-refractivity contribution in [3.05, 3.63) is 35.5 Å². The predicted octanol–water partition coefficient (Wildman–Crippen LogP) is 3.10. The van der Waals surface area contributed by atoms with Crippen LogP contribution in [0.1, 0.15) is 29.9 Å². The molecule has 0 unspecified atom stereocenters. The molecule has 8 heteroatoms. The van der Waals surface area contributed by atoms with E-state index in [2.05, 4.69) is 43.9 Å². The van der Waals surface area contributed by atoms with Gasteiger partial charge in [-0.15, -0.1) is 0 Å². The molecule has 0 spiro atoms. The zero-order valence-corrected chi connectivity index (χ0v) is 17.7. The maximum Gasteiger partial charge on any atom is 0.320 e. The van der Waals surface area contributed by atoms with Crippen LogP contribution in [0.5, 0.6) is 6.01 Å². The Morgan fingerprint density at radius 3 is 2.60 bits per heavy atom. The molecule has 2 atom stereocenters. The molecule has 158 valence electrons. The summed E-state index contributed by atoms with van der Waals surface area (Å²) in [5, 5.41) is 5.61. The minimum atomic E-state index is -0.867. The third-order valence-electron chi connectivity index (χ3n) is 6.36. The summed E-state index contributed by atoms with van der Waals surface area (Å²) in [6.45, 7) is 5.41. The van der Waals surface area contributed by atoms with Crippen molar-refractivity contribution in [3.8, 4) is 11.8 Å². The number of aryl methyl sites for hydroxylation is 1. The highest BCUT2D eigenvalue weighted by molar-refractivity contribution is 5.82. The van der Waals surface area contributed by atoms with Gasteiger partial charge in [-0.3, -0.25) is 0 Å². The molecular formula is C22H27FN6O. The molecule has 1 aromatic carbocycles. The van der Waals surface area contributed by atoms with Gasteiger partial charge in [0, 0.05) is 37.0 Å². The van der Waals surface area contributed by atoms with E-state index in [1.165, 1.54) is 0 Å². The highest BCUT2D eigenvalue weighted by Crippen LogP contribution is 2.35. The van der Waals surface area contributed by atoms with Crippen LogP contribution < -0.4 is 9.64 Å². The Morgan fingerprint density at radius 2 is 1.90 bits per heavy atom. The Labute approximate surface area is 175 Å². The lowest BCUT2D eigenvalue weighted by atomic mass is 9.85. The van der Waals surface area contributed by atoms with Gasteiger partial charge in [-0.25, -0.2) is 9.07 Å². The number of aromatic nitrogens is 4. The number of methoxy groups -OCH3 is 1. The molecule has 0 radical (unpaired) electrons. The fourth-order valence-corrected chi connectivity index (χ4v) is 4.50. The van der Waals surface area contributed by atoms with E-state index < -0.39 is 6.17 Å². The first-order valence-electron chi connectivity index (χ1n) is 10.5. The summed E-state index contributed by atoms with van der Waals surface area (Å²) < 4.78 is 22.0. The number of fused-ring (bicyclic) bond motifs is 1. The largest absolute Gasteiger partial charge is 0.467 e. The fraction of sp³-hybridized carbons (Fsp3) is 0.500. The normalized spacial score (nSPS) is 22.3.